The number of amides is 2. The Morgan fingerprint density at radius 2 is 2.00 bits per heavy atom. The standard InChI is InChI=1S/C15H18N4O4/c1-2-5-10-14(19-7-4-3-6-11(19)18-10)15(23)17-8-12(20)16-9-13(21)22/h3-4,6-7H,2,5,8-9H2,1H3,(H,16,20)(H,17,23)(H,21,22). The smallest absolute Gasteiger partial charge is 0.322 e. The quantitative estimate of drug-likeness (QED) is 0.676. The van der Waals surface area contributed by atoms with Crippen molar-refractivity contribution in [1.82, 2.24) is 20.0 Å². The van der Waals surface area contributed by atoms with Crippen LogP contribution in [-0.4, -0.2) is 45.4 Å². The Bertz CT molecular complexity index is 738. The second-order valence-electron chi connectivity index (χ2n) is 4.94. The molecule has 2 rings (SSSR count). The topological polar surface area (TPSA) is 113 Å². The van der Waals surface area contributed by atoms with Crippen molar-refractivity contribution in [3.63, 3.8) is 0 Å². The molecule has 0 fully saturated rings. The summed E-state index contributed by atoms with van der Waals surface area (Å²) < 4.78 is 1.68. The lowest BCUT2D eigenvalue weighted by molar-refractivity contribution is -0.137. The third-order valence-electron chi connectivity index (χ3n) is 3.15. The van der Waals surface area contributed by atoms with Crippen LogP contribution in [0.2, 0.25) is 0 Å². The lowest BCUT2D eigenvalue weighted by Crippen LogP contribution is -2.39. The first-order valence-corrected chi connectivity index (χ1v) is 7.25. The lowest BCUT2D eigenvalue weighted by Gasteiger charge is -2.07. The van der Waals surface area contributed by atoms with Gasteiger partial charge < -0.3 is 15.7 Å². The molecule has 8 nitrogen and oxygen atoms in total. The molecule has 0 aliphatic rings. The van der Waals surface area contributed by atoms with Gasteiger partial charge in [0.2, 0.25) is 5.91 Å². The number of aromatic nitrogens is 2. The van der Waals surface area contributed by atoms with Crippen LogP contribution in [0.5, 0.6) is 0 Å². The minimum atomic E-state index is -1.14. The second kappa shape index (κ2) is 7.39. The lowest BCUT2D eigenvalue weighted by atomic mass is 10.2. The maximum Gasteiger partial charge on any atom is 0.322 e. The van der Waals surface area contributed by atoms with E-state index in [0.29, 0.717) is 23.5 Å². The van der Waals surface area contributed by atoms with Crippen molar-refractivity contribution in [3.8, 4) is 0 Å². The summed E-state index contributed by atoms with van der Waals surface area (Å²) in [7, 11) is 0. The molecule has 0 aliphatic heterocycles. The number of rotatable bonds is 7. The number of hydrogen-bond acceptors (Lipinski definition) is 4. The summed E-state index contributed by atoms with van der Waals surface area (Å²) >= 11 is 0. The molecule has 0 saturated heterocycles. The monoisotopic (exact) mass is 318 g/mol. The molecule has 0 bridgehead atoms. The molecule has 2 amide bonds. The molecule has 23 heavy (non-hydrogen) atoms. The van der Waals surface area contributed by atoms with Gasteiger partial charge in [-0.05, 0) is 18.6 Å². The van der Waals surface area contributed by atoms with Gasteiger partial charge in [-0.3, -0.25) is 18.8 Å². The first-order valence-electron chi connectivity index (χ1n) is 7.25. The van der Waals surface area contributed by atoms with E-state index in [1.54, 1.807) is 22.7 Å². The molecular weight excluding hydrogens is 300 g/mol. The number of pyridine rings is 1. The first-order chi connectivity index (χ1) is 11.0. The minimum absolute atomic E-state index is 0.294. The largest absolute Gasteiger partial charge is 0.480 e. The Balaban J connectivity index is 2.12. The number of nitrogens with one attached hydrogen (secondary N) is 2. The highest BCUT2D eigenvalue weighted by molar-refractivity contribution is 5.97. The van der Waals surface area contributed by atoms with E-state index in [9.17, 15) is 14.4 Å². The van der Waals surface area contributed by atoms with E-state index in [1.165, 1.54) is 0 Å². The summed E-state index contributed by atoms with van der Waals surface area (Å²) in [5.41, 5.74) is 1.73. The molecule has 0 saturated carbocycles. The molecule has 2 heterocycles. The number of hydrogen-bond donors (Lipinski definition) is 3. The van der Waals surface area contributed by atoms with Crippen molar-refractivity contribution in [2.24, 2.45) is 0 Å². The van der Waals surface area contributed by atoms with Crippen LogP contribution < -0.4 is 10.6 Å². The van der Waals surface area contributed by atoms with Crippen LogP contribution in [0.4, 0.5) is 0 Å². The van der Waals surface area contributed by atoms with Crippen LogP contribution in [0.1, 0.15) is 29.5 Å². The molecule has 3 N–H and O–H groups in total. The van der Waals surface area contributed by atoms with Gasteiger partial charge in [0, 0.05) is 6.20 Å². The zero-order valence-corrected chi connectivity index (χ0v) is 12.7. The molecule has 0 spiro atoms. The van der Waals surface area contributed by atoms with Gasteiger partial charge in [-0.1, -0.05) is 19.4 Å². The maximum absolute atomic E-state index is 12.4. The van der Waals surface area contributed by atoms with E-state index in [1.807, 2.05) is 13.0 Å². The number of aliphatic carboxylic acids is 1. The summed E-state index contributed by atoms with van der Waals surface area (Å²) in [4.78, 5) is 38.7. The van der Waals surface area contributed by atoms with Crippen LogP contribution in [0, 0.1) is 0 Å². The molecule has 0 aliphatic carbocycles. The first kappa shape index (κ1) is 16.5. The van der Waals surface area contributed by atoms with Gasteiger partial charge in [-0.15, -0.1) is 0 Å². The fraction of sp³-hybridized carbons (Fsp3) is 0.333. The molecule has 2 aromatic heterocycles. The Morgan fingerprint density at radius 3 is 2.70 bits per heavy atom. The van der Waals surface area contributed by atoms with Crippen LogP contribution in [0.15, 0.2) is 24.4 Å². The van der Waals surface area contributed by atoms with Crippen LogP contribution in [-0.2, 0) is 16.0 Å². The van der Waals surface area contributed by atoms with Gasteiger partial charge in [0.15, 0.2) is 0 Å². The van der Waals surface area contributed by atoms with Crippen LogP contribution in [0.25, 0.3) is 5.65 Å². The predicted octanol–water partition coefficient (Wildman–Crippen LogP) is 0.217. The number of imidazole rings is 1. The van der Waals surface area contributed by atoms with Crippen molar-refractivity contribution in [2.75, 3.05) is 13.1 Å². The Morgan fingerprint density at radius 1 is 1.22 bits per heavy atom. The SMILES string of the molecule is CCCc1nc2ccccn2c1C(=O)NCC(=O)NCC(=O)O. The Hall–Kier alpha value is -2.90. The van der Waals surface area contributed by atoms with Gasteiger partial charge in [0.25, 0.3) is 5.91 Å². The van der Waals surface area contributed by atoms with Gasteiger partial charge in [-0.2, -0.15) is 0 Å². The summed E-state index contributed by atoms with van der Waals surface area (Å²) in [5.74, 6) is -2.12. The molecule has 0 aromatic carbocycles. The van der Waals surface area contributed by atoms with Crippen molar-refractivity contribution in [2.45, 2.75) is 19.8 Å². The number of nitrogens with zero attached hydrogens (tertiary/aromatic N) is 2. The fourth-order valence-electron chi connectivity index (χ4n) is 2.18. The number of fused-ring (bicyclic) bond motifs is 1. The molecule has 122 valence electrons. The summed E-state index contributed by atoms with van der Waals surface area (Å²) in [6.45, 7) is 1.22. The second-order valence-corrected chi connectivity index (χ2v) is 4.94. The molecule has 0 atom stereocenters. The van der Waals surface area contributed by atoms with Gasteiger partial charge in [0.05, 0.1) is 12.2 Å². The van der Waals surface area contributed by atoms with Crippen molar-refractivity contribution in [1.29, 1.82) is 0 Å². The highest BCUT2D eigenvalue weighted by atomic mass is 16.4. The van der Waals surface area contributed by atoms with E-state index in [4.69, 9.17) is 5.11 Å². The number of carbonyl (C=O) groups is 3. The third kappa shape index (κ3) is 4.06. The average Bonchev–Trinajstić information content (AvgIpc) is 2.89. The van der Waals surface area contributed by atoms with E-state index in [2.05, 4.69) is 15.6 Å². The molecular formula is C15H18N4O4. The fourth-order valence-corrected chi connectivity index (χ4v) is 2.18. The summed E-state index contributed by atoms with van der Waals surface area (Å²) in [5, 5.41) is 13.2. The zero-order valence-electron chi connectivity index (χ0n) is 12.7. The molecule has 2 aromatic rings. The average molecular weight is 318 g/mol. The molecule has 0 radical (unpaired) electrons. The van der Waals surface area contributed by atoms with Crippen molar-refractivity contribution >= 4 is 23.4 Å². The van der Waals surface area contributed by atoms with Crippen molar-refractivity contribution in [3.05, 3.63) is 35.8 Å². The minimum Gasteiger partial charge on any atom is -0.480 e. The zero-order chi connectivity index (χ0) is 16.8. The van der Waals surface area contributed by atoms with Gasteiger partial charge >= 0.3 is 5.97 Å². The normalized spacial score (nSPS) is 10.5. The number of carboxylic acid groups (broad SMARTS) is 1. The van der Waals surface area contributed by atoms with Gasteiger partial charge in [0.1, 0.15) is 17.9 Å². The number of carboxylic acids is 1. The highest BCUT2D eigenvalue weighted by Gasteiger charge is 2.19. The van der Waals surface area contributed by atoms with Crippen LogP contribution >= 0.6 is 0 Å². The van der Waals surface area contributed by atoms with Gasteiger partial charge in [-0.25, -0.2) is 4.98 Å². The number of carbonyl (C=O) groups excluding carboxylic acids is 2. The third-order valence-corrected chi connectivity index (χ3v) is 3.15. The Kier molecular flexibility index (Phi) is 5.29. The Labute approximate surface area is 132 Å². The van der Waals surface area contributed by atoms with Crippen LogP contribution in [0.3, 0.4) is 0 Å². The van der Waals surface area contributed by atoms with E-state index < -0.39 is 24.3 Å². The summed E-state index contributed by atoms with van der Waals surface area (Å²) in [6.07, 6.45) is 3.22. The van der Waals surface area contributed by atoms with Crippen molar-refractivity contribution < 1.29 is 19.5 Å². The van der Waals surface area contributed by atoms with E-state index in [-0.39, 0.29) is 6.54 Å². The highest BCUT2D eigenvalue weighted by Crippen LogP contribution is 2.14. The molecule has 8 heteroatoms. The molecule has 0 unspecified atom stereocenters. The summed E-state index contributed by atoms with van der Waals surface area (Å²) in [6, 6.07) is 5.43. The van der Waals surface area contributed by atoms with E-state index >= 15 is 0 Å². The van der Waals surface area contributed by atoms with E-state index in [0.717, 1.165) is 6.42 Å². The number of aryl methyl sites for hydroxylation is 1. The predicted molar refractivity (Wildman–Crippen MR) is 82.2 cm³/mol. The maximum atomic E-state index is 12.4.